The monoisotopic (exact) mass is 326 g/mol. The standard InChI is InChI=1S/C13H8Cl2N2O2S/c1-18-8-4-2-7(3-5-8)9-6-10(19-17-9)11-12(14)16-13(15)20-11/h2-6H,1H3. The zero-order valence-corrected chi connectivity index (χ0v) is 12.6. The summed E-state index contributed by atoms with van der Waals surface area (Å²) in [5.74, 6) is 1.33. The number of nitrogens with zero attached hydrogens (tertiary/aromatic N) is 2. The van der Waals surface area contributed by atoms with Crippen LogP contribution in [0.2, 0.25) is 9.62 Å². The van der Waals surface area contributed by atoms with Crippen molar-refractivity contribution in [2.45, 2.75) is 0 Å². The summed E-state index contributed by atoms with van der Waals surface area (Å²) < 4.78 is 10.8. The van der Waals surface area contributed by atoms with Crippen molar-refractivity contribution < 1.29 is 9.26 Å². The van der Waals surface area contributed by atoms with Gasteiger partial charge in [0, 0.05) is 11.6 Å². The molecule has 0 saturated carbocycles. The molecule has 7 heteroatoms. The highest BCUT2D eigenvalue weighted by Gasteiger charge is 2.16. The lowest BCUT2D eigenvalue weighted by Gasteiger charge is -1.99. The van der Waals surface area contributed by atoms with Crippen LogP contribution in [0.4, 0.5) is 0 Å². The van der Waals surface area contributed by atoms with E-state index >= 15 is 0 Å². The molecular weight excluding hydrogens is 319 g/mol. The lowest BCUT2D eigenvalue weighted by atomic mass is 10.1. The van der Waals surface area contributed by atoms with E-state index in [0.29, 0.717) is 26.0 Å². The van der Waals surface area contributed by atoms with Gasteiger partial charge in [0.2, 0.25) is 0 Å². The predicted molar refractivity (Wildman–Crippen MR) is 79.6 cm³/mol. The van der Waals surface area contributed by atoms with Crippen LogP contribution >= 0.6 is 34.5 Å². The Labute approximate surface area is 128 Å². The Bertz CT molecular complexity index is 737. The molecule has 0 aliphatic carbocycles. The first-order valence-electron chi connectivity index (χ1n) is 5.60. The molecule has 2 aromatic heterocycles. The number of ether oxygens (including phenoxy) is 1. The Morgan fingerprint density at radius 2 is 1.95 bits per heavy atom. The van der Waals surface area contributed by atoms with Crippen LogP contribution in [-0.4, -0.2) is 17.3 Å². The van der Waals surface area contributed by atoms with E-state index in [0.717, 1.165) is 11.3 Å². The molecule has 0 aliphatic heterocycles. The van der Waals surface area contributed by atoms with E-state index in [2.05, 4.69) is 10.1 Å². The fourth-order valence-electron chi connectivity index (χ4n) is 1.71. The third-order valence-electron chi connectivity index (χ3n) is 2.68. The molecule has 0 unspecified atom stereocenters. The molecule has 1 aromatic carbocycles. The van der Waals surface area contributed by atoms with E-state index in [4.69, 9.17) is 32.5 Å². The van der Waals surface area contributed by atoms with E-state index in [9.17, 15) is 0 Å². The summed E-state index contributed by atoms with van der Waals surface area (Å²) in [6, 6.07) is 9.33. The summed E-state index contributed by atoms with van der Waals surface area (Å²) in [7, 11) is 1.62. The fraction of sp³-hybridized carbons (Fsp3) is 0.0769. The van der Waals surface area contributed by atoms with Crippen molar-refractivity contribution in [1.82, 2.24) is 10.1 Å². The molecule has 0 spiro atoms. The van der Waals surface area contributed by atoms with Crippen molar-refractivity contribution in [2.75, 3.05) is 7.11 Å². The van der Waals surface area contributed by atoms with Crippen molar-refractivity contribution in [3.63, 3.8) is 0 Å². The van der Waals surface area contributed by atoms with Gasteiger partial charge < -0.3 is 9.26 Å². The maximum Gasteiger partial charge on any atom is 0.185 e. The zero-order chi connectivity index (χ0) is 14.1. The number of rotatable bonds is 3. The Kier molecular flexibility index (Phi) is 3.65. The molecule has 0 saturated heterocycles. The van der Waals surface area contributed by atoms with Gasteiger partial charge in [0.05, 0.1) is 7.11 Å². The Morgan fingerprint density at radius 1 is 1.20 bits per heavy atom. The second-order valence-corrected chi connectivity index (χ2v) is 5.83. The second kappa shape index (κ2) is 5.44. The molecule has 0 radical (unpaired) electrons. The van der Waals surface area contributed by atoms with Gasteiger partial charge in [-0.25, -0.2) is 4.98 Å². The number of methoxy groups -OCH3 is 1. The van der Waals surface area contributed by atoms with Gasteiger partial charge in [-0.2, -0.15) is 0 Å². The van der Waals surface area contributed by atoms with Gasteiger partial charge in [0.15, 0.2) is 15.4 Å². The number of halogens is 2. The SMILES string of the molecule is COc1ccc(-c2cc(-c3sc(Cl)nc3Cl)on2)cc1. The summed E-state index contributed by atoms with van der Waals surface area (Å²) in [4.78, 5) is 4.61. The largest absolute Gasteiger partial charge is 0.497 e. The van der Waals surface area contributed by atoms with E-state index in [1.54, 1.807) is 13.2 Å². The van der Waals surface area contributed by atoms with Crippen LogP contribution in [0.3, 0.4) is 0 Å². The van der Waals surface area contributed by atoms with Crippen LogP contribution < -0.4 is 4.74 Å². The van der Waals surface area contributed by atoms with E-state index in [1.165, 1.54) is 11.3 Å². The molecular formula is C13H8Cl2N2O2S. The first-order valence-corrected chi connectivity index (χ1v) is 7.18. The van der Waals surface area contributed by atoms with Gasteiger partial charge in [0.1, 0.15) is 16.3 Å². The highest BCUT2D eigenvalue weighted by atomic mass is 35.5. The van der Waals surface area contributed by atoms with Crippen LogP contribution in [0.5, 0.6) is 5.75 Å². The summed E-state index contributed by atoms with van der Waals surface area (Å²) in [6.07, 6.45) is 0. The maximum absolute atomic E-state index is 5.98. The van der Waals surface area contributed by atoms with Gasteiger partial charge in [0.25, 0.3) is 0 Å². The van der Waals surface area contributed by atoms with Gasteiger partial charge in [-0.1, -0.05) is 39.7 Å². The van der Waals surface area contributed by atoms with Crippen molar-refractivity contribution in [3.05, 3.63) is 40.0 Å². The predicted octanol–water partition coefficient (Wildman–Crippen LogP) is 4.78. The molecule has 0 fully saturated rings. The molecule has 0 aliphatic rings. The third-order valence-corrected chi connectivity index (χ3v) is 4.24. The minimum atomic E-state index is 0.317. The molecule has 0 atom stereocenters. The number of hydrogen-bond donors (Lipinski definition) is 0. The first kappa shape index (κ1) is 13.4. The van der Waals surface area contributed by atoms with Crippen molar-refractivity contribution in [3.8, 4) is 27.6 Å². The summed E-state index contributed by atoms with van der Waals surface area (Å²) in [5.41, 5.74) is 1.63. The van der Waals surface area contributed by atoms with Gasteiger partial charge in [-0.15, -0.1) is 0 Å². The summed E-state index contributed by atoms with van der Waals surface area (Å²) in [5, 5.41) is 4.35. The molecule has 0 amide bonds. The molecule has 0 bridgehead atoms. The molecule has 2 heterocycles. The zero-order valence-electron chi connectivity index (χ0n) is 10.3. The number of hydrogen-bond acceptors (Lipinski definition) is 5. The Balaban J connectivity index is 1.95. The van der Waals surface area contributed by atoms with E-state index < -0.39 is 0 Å². The first-order chi connectivity index (χ1) is 9.67. The van der Waals surface area contributed by atoms with Crippen molar-refractivity contribution >= 4 is 34.5 Å². The average Bonchev–Trinajstić information content (AvgIpc) is 3.05. The maximum atomic E-state index is 5.98. The van der Waals surface area contributed by atoms with Crippen LogP contribution in [0.25, 0.3) is 21.9 Å². The van der Waals surface area contributed by atoms with Crippen molar-refractivity contribution in [2.24, 2.45) is 0 Å². The molecule has 3 aromatic rings. The lowest BCUT2D eigenvalue weighted by Crippen LogP contribution is -1.82. The van der Waals surface area contributed by atoms with Gasteiger partial charge >= 0.3 is 0 Å². The number of benzene rings is 1. The van der Waals surface area contributed by atoms with Gasteiger partial charge in [-0.3, -0.25) is 0 Å². The normalized spacial score (nSPS) is 10.8. The molecule has 3 rings (SSSR count). The van der Waals surface area contributed by atoms with Crippen LogP contribution in [0.1, 0.15) is 0 Å². The lowest BCUT2D eigenvalue weighted by molar-refractivity contribution is 0.415. The number of aromatic nitrogens is 2. The molecule has 20 heavy (non-hydrogen) atoms. The van der Waals surface area contributed by atoms with Gasteiger partial charge in [-0.05, 0) is 24.3 Å². The average molecular weight is 327 g/mol. The van der Waals surface area contributed by atoms with Crippen molar-refractivity contribution in [1.29, 1.82) is 0 Å². The van der Waals surface area contributed by atoms with Crippen LogP contribution in [0.15, 0.2) is 34.9 Å². The molecule has 102 valence electrons. The Hall–Kier alpha value is -1.56. The minimum Gasteiger partial charge on any atom is -0.497 e. The quantitative estimate of drug-likeness (QED) is 0.694. The summed E-state index contributed by atoms with van der Waals surface area (Å²) in [6.45, 7) is 0. The second-order valence-electron chi connectivity index (χ2n) is 3.89. The van der Waals surface area contributed by atoms with E-state index in [1.807, 2.05) is 24.3 Å². The third kappa shape index (κ3) is 2.52. The fourth-order valence-corrected chi connectivity index (χ4v) is 3.04. The van der Waals surface area contributed by atoms with Crippen LogP contribution in [0, 0.1) is 0 Å². The summed E-state index contributed by atoms with van der Waals surface area (Å²) >= 11 is 13.1. The minimum absolute atomic E-state index is 0.317. The van der Waals surface area contributed by atoms with Crippen LogP contribution in [-0.2, 0) is 0 Å². The highest BCUT2D eigenvalue weighted by Crippen LogP contribution is 2.37. The highest BCUT2D eigenvalue weighted by molar-refractivity contribution is 7.19. The smallest absolute Gasteiger partial charge is 0.185 e. The Morgan fingerprint density at radius 3 is 2.55 bits per heavy atom. The topological polar surface area (TPSA) is 48.2 Å². The molecule has 0 N–H and O–H groups in total. The van der Waals surface area contributed by atoms with E-state index in [-0.39, 0.29) is 0 Å². The number of thiazole rings is 1. The molecule has 4 nitrogen and oxygen atoms in total.